The van der Waals surface area contributed by atoms with Crippen LogP contribution in [0.4, 0.5) is 0 Å². The molecule has 0 aromatic heterocycles. The van der Waals surface area contributed by atoms with E-state index in [1.54, 1.807) is 6.92 Å². The number of carboxylic acids is 1. The number of carbonyl (C=O) groups excluding carboxylic acids is 1. The lowest BCUT2D eigenvalue weighted by Crippen LogP contribution is -2.07. The average molecular weight is 143 g/mol. The Labute approximate surface area is 58.5 Å². The summed E-state index contributed by atoms with van der Waals surface area (Å²) in [6.07, 6.45) is 2.00. The van der Waals surface area contributed by atoms with Crippen molar-refractivity contribution in [1.29, 1.82) is 0 Å². The molecule has 2 N–H and O–H groups in total. The van der Waals surface area contributed by atoms with Crippen LogP contribution in [0.25, 0.3) is 0 Å². The van der Waals surface area contributed by atoms with Crippen LogP contribution in [-0.4, -0.2) is 17.5 Å². The summed E-state index contributed by atoms with van der Waals surface area (Å²) in [6, 6.07) is 0. The van der Waals surface area contributed by atoms with Crippen molar-refractivity contribution < 1.29 is 14.7 Å². The van der Waals surface area contributed by atoms with E-state index < -0.39 is 5.97 Å². The standard InChI is InChI=1S/C6H9NO3/c1-2-5(6(9)10)3-7-4-8/h3-4H,2H2,1H3,(H,7,8)(H,9,10). The minimum atomic E-state index is -1.00. The molecule has 4 nitrogen and oxygen atoms in total. The zero-order valence-electron chi connectivity index (χ0n) is 5.63. The van der Waals surface area contributed by atoms with Crippen LogP contribution in [0.1, 0.15) is 13.3 Å². The predicted octanol–water partition coefficient (Wildman–Crippen LogP) is 0.111. The van der Waals surface area contributed by atoms with Crippen LogP contribution in [0, 0.1) is 0 Å². The Kier molecular flexibility index (Phi) is 3.95. The van der Waals surface area contributed by atoms with E-state index in [0.29, 0.717) is 12.8 Å². The van der Waals surface area contributed by atoms with E-state index in [-0.39, 0.29) is 5.57 Å². The summed E-state index contributed by atoms with van der Waals surface area (Å²) in [5.41, 5.74) is 0.187. The van der Waals surface area contributed by atoms with Gasteiger partial charge in [-0.15, -0.1) is 0 Å². The second kappa shape index (κ2) is 4.55. The van der Waals surface area contributed by atoms with E-state index in [1.807, 2.05) is 0 Å². The predicted molar refractivity (Wildman–Crippen MR) is 35.2 cm³/mol. The minimum Gasteiger partial charge on any atom is -0.478 e. The number of hydrogen-bond donors (Lipinski definition) is 2. The Morgan fingerprint density at radius 1 is 1.70 bits per heavy atom. The lowest BCUT2D eigenvalue weighted by atomic mass is 10.2. The third kappa shape index (κ3) is 2.86. The Morgan fingerprint density at radius 3 is 2.60 bits per heavy atom. The number of amides is 1. The maximum Gasteiger partial charge on any atom is 0.333 e. The van der Waals surface area contributed by atoms with E-state index in [0.717, 1.165) is 0 Å². The fourth-order valence-corrected chi connectivity index (χ4v) is 0.450. The van der Waals surface area contributed by atoms with Gasteiger partial charge in [0, 0.05) is 6.20 Å². The highest BCUT2D eigenvalue weighted by Crippen LogP contribution is 1.96. The number of carbonyl (C=O) groups is 2. The first-order valence-electron chi connectivity index (χ1n) is 2.84. The summed E-state index contributed by atoms with van der Waals surface area (Å²) in [4.78, 5) is 19.9. The van der Waals surface area contributed by atoms with Gasteiger partial charge in [0.25, 0.3) is 0 Å². The number of rotatable bonds is 4. The van der Waals surface area contributed by atoms with E-state index in [4.69, 9.17) is 5.11 Å². The molecular weight excluding hydrogens is 134 g/mol. The molecule has 0 aliphatic rings. The highest BCUT2D eigenvalue weighted by atomic mass is 16.4. The van der Waals surface area contributed by atoms with Gasteiger partial charge in [-0.1, -0.05) is 6.92 Å². The topological polar surface area (TPSA) is 66.4 Å². The van der Waals surface area contributed by atoms with Gasteiger partial charge in [-0.25, -0.2) is 4.79 Å². The molecule has 0 aliphatic heterocycles. The van der Waals surface area contributed by atoms with E-state index >= 15 is 0 Å². The van der Waals surface area contributed by atoms with Gasteiger partial charge in [-0.3, -0.25) is 4.79 Å². The molecule has 0 aliphatic carbocycles. The second-order valence-electron chi connectivity index (χ2n) is 1.61. The van der Waals surface area contributed by atoms with Crippen molar-refractivity contribution in [2.24, 2.45) is 0 Å². The summed E-state index contributed by atoms with van der Waals surface area (Å²) in [6.45, 7) is 1.70. The fourth-order valence-electron chi connectivity index (χ4n) is 0.450. The summed E-state index contributed by atoms with van der Waals surface area (Å²) >= 11 is 0. The van der Waals surface area contributed by atoms with Crippen LogP contribution in [-0.2, 0) is 9.59 Å². The van der Waals surface area contributed by atoms with Crippen LogP contribution in [0.5, 0.6) is 0 Å². The van der Waals surface area contributed by atoms with Gasteiger partial charge in [-0.2, -0.15) is 0 Å². The highest BCUT2D eigenvalue weighted by Gasteiger charge is 2.01. The quantitative estimate of drug-likeness (QED) is 0.433. The van der Waals surface area contributed by atoms with Crippen molar-refractivity contribution in [1.82, 2.24) is 5.32 Å². The summed E-state index contributed by atoms with van der Waals surface area (Å²) in [5.74, 6) is -1.00. The molecule has 0 spiro atoms. The molecule has 0 saturated carbocycles. The zero-order valence-corrected chi connectivity index (χ0v) is 5.63. The number of aliphatic carboxylic acids is 1. The molecule has 56 valence electrons. The monoisotopic (exact) mass is 143 g/mol. The molecule has 0 fully saturated rings. The molecule has 0 bridgehead atoms. The van der Waals surface area contributed by atoms with Gasteiger partial charge in [-0.05, 0) is 6.42 Å². The lowest BCUT2D eigenvalue weighted by Gasteiger charge is -1.94. The van der Waals surface area contributed by atoms with Crippen LogP contribution in [0.15, 0.2) is 11.8 Å². The fraction of sp³-hybridized carbons (Fsp3) is 0.333. The molecule has 1 amide bonds. The Bertz CT molecular complexity index is 162. The van der Waals surface area contributed by atoms with Crippen molar-refractivity contribution >= 4 is 12.4 Å². The normalized spacial score (nSPS) is 10.7. The Balaban J connectivity index is 4.03. The van der Waals surface area contributed by atoms with Gasteiger partial charge in [0.05, 0.1) is 5.57 Å². The third-order valence-electron chi connectivity index (χ3n) is 0.981. The lowest BCUT2D eigenvalue weighted by molar-refractivity contribution is -0.132. The molecule has 0 atom stereocenters. The molecule has 4 heteroatoms. The summed E-state index contributed by atoms with van der Waals surface area (Å²) < 4.78 is 0. The van der Waals surface area contributed by atoms with Gasteiger partial charge in [0.1, 0.15) is 0 Å². The zero-order chi connectivity index (χ0) is 7.98. The first-order valence-corrected chi connectivity index (χ1v) is 2.84. The highest BCUT2D eigenvalue weighted by molar-refractivity contribution is 5.86. The molecule has 0 rings (SSSR count). The van der Waals surface area contributed by atoms with E-state index in [2.05, 4.69) is 5.32 Å². The summed E-state index contributed by atoms with van der Waals surface area (Å²) in [7, 11) is 0. The largest absolute Gasteiger partial charge is 0.478 e. The second-order valence-corrected chi connectivity index (χ2v) is 1.61. The minimum absolute atomic E-state index is 0.187. The molecule has 0 heterocycles. The van der Waals surface area contributed by atoms with Crippen molar-refractivity contribution in [3.8, 4) is 0 Å². The SMILES string of the molecule is CCC(=CNC=O)C(=O)O. The van der Waals surface area contributed by atoms with Crippen LogP contribution >= 0.6 is 0 Å². The molecule has 0 radical (unpaired) electrons. The number of nitrogens with one attached hydrogen (secondary N) is 1. The van der Waals surface area contributed by atoms with E-state index in [9.17, 15) is 9.59 Å². The average Bonchev–Trinajstić information content (AvgIpc) is 1.89. The molecule has 0 unspecified atom stereocenters. The summed E-state index contributed by atoms with van der Waals surface area (Å²) in [5, 5.41) is 10.5. The van der Waals surface area contributed by atoms with Crippen LogP contribution in [0.3, 0.4) is 0 Å². The van der Waals surface area contributed by atoms with Gasteiger partial charge in [0.2, 0.25) is 6.41 Å². The van der Waals surface area contributed by atoms with Crippen molar-refractivity contribution in [3.63, 3.8) is 0 Å². The molecule has 0 saturated heterocycles. The maximum absolute atomic E-state index is 10.2. The van der Waals surface area contributed by atoms with E-state index in [1.165, 1.54) is 6.20 Å². The van der Waals surface area contributed by atoms with Crippen LogP contribution < -0.4 is 5.32 Å². The smallest absolute Gasteiger partial charge is 0.333 e. The van der Waals surface area contributed by atoms with Gasteiger partial charge in [0.15, 0.2) is 0 Å². The molecule has 0 aromatic carbocycles. The van der Waals surface area contributed by atoms with Gasteiger partial charge < -0.3 is 10.4 Å². The van der Waals surface area contributed by atoms with Gasteiger partial charge >= 0.3 is 5.97 Å². The third-order valence-corrected chi connectivity index (χ3v) is 0.981. The Morgan fingerprint density at radius 2 is 2.30 bits per heavy atom. The van der Waals surface area contributed by atoms with Crippen molar-refractivity contribution in [2.75, 3.05) is 0 Å². The van der Waals surface area contributed by atoms with Crippen molar-refractivity contribution in [2.45, 2.75) is 13.3 Å². The molecule has 10 heavy (non-hydrogen) atoms. The number of hydrogen-bond acceptors (Lipinski definition) is 2. The first-order chi connectivity index (χ1) is 4.72. The first kappa shape index (κ1) is 8.68. The molecular formula is C6H9NO3. The Hall–Kier alpha value is -1.32. The molecule has 0 aromatic rings. The van der Waals surface area contributed by atoms with Crippen LogP contribution in [0.2, 0.25) is 0 Å². The number of carboxylic acid groups (broad SMARTS) is 1. The van der Waals surface area contributed by atoms with Crippen molar-refractivity contribution in [3.05, 3.63) is 11.8 Å². The maximum atomic E-state index is 10.2.